The maximum absolute atomic E-state index is 12.7. The predicted octanol–water partition coefficient (Wildman–Crippen LogP) is 2.35. The molecule has 6 heteroatoms. The first-order valence-corrected chi connectivity index (χ1v) is 9.18. The Morgan fingerprint density at radius 3 is 2.31 bits per heavy atom. The summed E-state index contributed by atoms with van der Waals surface area (Å²) >= 11 is 0. The monoisotopic (exact) mass is 360 g/mol. The molecule has 1 amide bonds. The highest BCUT2D eigenvalue weighted by Gasteiger charge is 2.42. The summed E-state index contributed by atoms with van der Waals surface area (Å²) < 4.78 is 5.21. The number of benzene rings is 1. The van der Waals surface area contributed by atoms with E-state index in [0.29, 0.717) is 6.54 Å². The molecule has 1 N–H and O–H groups in total. The SMILES string of the molecule is CN=C(NCC1(C(=O)N(C)C)CCCC1)N(C)Cc1ccc(OC)cc1. The van der Waals surface area contributed by atoms with Crippen molar-refractivity contribution in [3.05, 3.63) is 29.8 Å². The minimum Gasteiger partial charge on any atom is -0.497 e. The zero-order chi connectivity index (χ0) is 19.2. The van der Waals surface area contributed by atoms with Gasteiger partial charge in [-0.3, -0.25) is 9.79 Å². The average molecular weight is 361 g/mol. The second-order valence-corrected chi connectivity index (χ2v) is 7.29. The van der Waals surface area contributed by atoms with Crippen LogP contribution in [0.2, 0.25) is 0 Å². The third-order valence-corrected chi connectivity index (χ3v) is 5.16. The molecule has 1 aliphatic rings. The van der Waals surface area contributed by atoms with Gasteiger partial charge in [0.2, 0.25) is 5.91 Å². The summed E-state index contributed by atoms with van der Waals surface area (Å²) in [7, 11) is 9.14. The number of carbonyl (C=O) groups is 1. The molecule has 0 spiro atoms. The van der Waals surface area contributed by atoms with E-state index >= 15 is 0 Å². The van der Waals surface area contributed by atoms with E-state index in [2.05, 4.69) is 27.3 Å². The topological polar surface area (TPSA) is 57.2 Å². The minimum atomic E-state index is -0.305. The number of hydrogen-bond acceptors (Lipinski definition) is 3. The van der Waals surface area contributed by atoms with Crippen LogP contribution in [0.25, 0.3) is 0 Å². The van der Waals surface area contributed by atoms with Crippen LogP contribution in [-0.4, -0.2) is 63.5 Å². The van der Waals surface area contributed by atoms with E-state index in [9.17, 15) is 4.79 Å². The third kappa shape index (κ3) is 4.68. The number of nitrogens with zero attached hydrogens (tertiary/aromatic N) is 3. The molecule has 0 atom stereocenters. The Labute approximate surface area is 157 Å². The summed E-state index contributed by atoms with van der Waals surface area (Å²) in [4.78, 5) is 20.9. The summed E-state index contributed by atoms with van der Waals surface area (Å²) in [6, 6.07) is 8.03. The Morgan fingerprint density at radius 2 is 1.81 bits per heavy atom. The highest BCUT2D eigenvalue weighted by Crippen LogP contribution is 2.38. The molecule has 1 aliphatic carbocycles. The standard InChI is InChI=1S/C20H32N4O2/c1-21-19(24(4)14-16-8-10-17(26-5)11-9-16)22-15-20(12-6-7-13-20)18(25)23(2)3/h8-11H,6-7,12-15H2,1-5H3,(H,21,22). The fraction of sp³-hybridized carbons (Fsp3) is 0.600. The van der Waals surface area contributed by atoms with Crippen LogP contribution in [0.1, 0.15) is 31.2 Å². The van der Waals surface area contributed by atoms with E-state index in [4.69, 9.17) is 4.74 Å². The third-order valence-electron chi connectivity index (χ3n) is 5.16. The van der Waals surface area contributed by atoms with Gasteiger partial charge in [-0.25, -0.2) is 0 Å². The van der Waals surface area contributed by atoms with Crippen LogP contribution in [0, 0.1) is 5.41 Å². The van der Waals surface area contributed by atoms with Crippen molar-refractivity contribution >= 4 is 11.9 Å². The smallest absolute Gasteiger partial charge is 0.230 e. The molecule has 0 saturated heterocycles. The Kier molecular flexibility index (Phi) is 6.89. The van der Waals surface area contributed by atoms with Gasteiger partial charge in [0.1, 0.15) is 5.75 Å². The molecule has 0 aliphatic heterocycles. The molecule has 1 aromatic rings. The van der Waals surface area contributed by atoms with Gasteiger partial charge in [-0.1, -0.05) is 25.0 Å². The number of carbonyl (C=O) groups excluding carboxylic acids is 1. The van der Waals surface area contributed by atoms with Gasteiger partial charge in [0.15, 0.2) is 5.96 Å². The van der Waals surface area contributed by atoms with E-state index in [-0.39, 0.29) is 11.3 Å². The number of guanidine groups is 1. The van der Waals surface area contributed by atoms with Gasteiger partial charge in [-0.05, 0) is 30.5 Å². The van der Waals surface area contributed by atoms with E-state index < -0.39 is 0 Å². The largest absolute Gasteiger partial charge is 0.497 e. The number of rotatable bonds is 6. The molecule has 2 rings (SSSR count). The first-order valence-electron chi connectivity index (χ1n) is 9.18. The molecule has 0 aromatic heterocycles. The van der Waals surface area contributed by atoms with Crippen molar-refractivity contribution in [3.63, 3.8) is 0 Å². The molecular formula is C20H32N4O2. The van der Waals surface area contributed by atoms with Gasteiger partial charge in [0, 0.05) is 41.3 Å². The zero-order valence-electron chi connectivity index (χ0n) is 16.7. The number of amides is 1. The summed E-state index contributed by atoms with van der Waals surface area (Å²) in [5.74, 6) is 1.87. The fourth-order valence-electron chi connectivity index (χ4n) is 3.71. The van der Waals surface area contributed by atoms with Crippen molar-refractivity contribution in [3.8, 4) is 5.75 Å². The first kappa shape index (κ1) is 20.1. The van der Waals surface area contributed by atoms with E-state index in [1.807, 2.05) is 33.3 Å². The highest BCUT2D eigenvalue weighted by atomic mass is 16.5. The van der Waals surface area contributed by atoms with Crippen molar-refractivity contribution in [2.75, 3.05) is 41.8 Å². The first-order chi connectivity index (χ1) is 12.4. The van der Waals surface area contributed by atoms with Crippen molar-refractivity contribution in [2.24, 2.45) is 10.4 Å². The van der Waals surface area contributed by atoms with Crippen LogP contribution >= 0.6 is 0 Å². The maximum Gasteiger partial charge on any atom is 0.230 e. The molecule has 26 heavy (non-hydrogen) atoms. The fourth-order valence-corrected chi connectivity index (χ4v) is 3.71. The molecule has 144 valence electrons. The number of ether oxygens (including phenoxy) is 1. The second-order valence-electron chi connectivity index (χ2n) is 7.29. The van der Waals surface area contributed by atoms with Gasteiger partial charge in [-0.2, -0.15) is 0 Å². The van der Waals surface area contributed by atoms with Crippen molar-refractivity contribution in [1.29, 1.82) is 0 Å². The van der Waals surface area contributed by atoms with Gasteiger partial charge in [0.05, 0.1) is 12.5 Å². The Balaban J connectivity index is 2.00. The lowest BCUT2D eigenvalue weighted by molar-refractivity contribution is -0.138. The number of nitrogens with one attached hydrogen (secondary N) is 1. The lowest BCUT2D eigenvalue weighted by atomic mass is 9.84. The molecule has 0 unspecified atom stereocenters. The van der Waals surface area contributed by atoms with Crippen LogP contribution in [0.4, 0.5) is 0 Å². The zero-order valence-corrected chi connectivity index (χ0v) is 16.7. The summed E-state index contributed by atoms with van der Waals surface area (Å²) in [5.41, 5.74) is 0.872. The van der Waals surface area contributed by atoms with Crippen LogP contribution < -0.4 is 10.1 Å². The van der Waals surface area contributed by atoms with E-state index in [1.165, 1.54) is 5.56 Å². The van der Waals surface area contributed by atoms with Gasteiger partial charge in [0.25, 0.3) is 0 Å². The van der Waals surface area contributed by atoms with Crippen LogP contribution in [-0.2, 0) is 11.3 Å². The number of aliphatic imine (C=N–C) groups is 1. The Hall–Kier alpha value is -2.24. The van der Waals surface area contributed by atoms with E-state index in [1.54, 1.807) is 19.1 Å². The number of methoxy groups -OCH3 is 1. The average Bonchev–Trinajstić information content (AvgIpc) is 3.12. The van der Waals surface area contributed by atoms with Gasteiger partial charge in [-0.15, -0.1) is 0 Å². The Bertz CT molecular complexity index is 619. The molecule has 0 heterocycles. The maximum atomic E-state index is 12.7. The molecule has 0 radical (unpaired) electrons. The molecule has 1 fully saturated rings. The lowest BCUT2D eigenvalue weighted by Crippen LogP contribution is -2.49. The predicted molar refractivity (Wildman–Crippen MR) is 105 cm³/mol. The van der Waals surface area contributed by atoms with Crippen LogP contribution in [0.3, 0.4) is 0 Å². The molecular weight excluding hydrogens is 328 g/mol. The lowest BCUT2D eigenvalue weighted by Gasteiger charge is -2.32. The van der Waals surface area contributed by atoms with Crippen LogP contribution in [0.15, 0.2) is 29.3 Å². The summed E-state index contributed by atoms with van der Waals surface area (Å²) in [6.07, 6.45) is 4.11. The second kappa shape index (κ2) is 8.92. The summed E-state index contributed by atoms with van der Waals surface area (Å²) in [6.45, 7) is 1.36. The van der Waals surface area contributed by atoms with Crippen LogP contribution in [0.5, 0.6) is 5.75 Å². The Morgan fingerprint density at radius 1 is 1.19 bits per heavy atom. The van der Waals surface area contributed by atoms with Crippen molar-refractivity contribution in [2.45, 2.75) is 32.2 Å². The van der Waals surface area contributed by atoms with Crippen molar-refractivity contribution < 1.29 is 9.53 Å². The van der Waals surface area contributed by atoms with Crippen molar-refractivity contribution in [1.82, 2.24) is 15.1 Å². The minimum absolute atomic E-state index is 0.218. The highest BCUT2D eigenvalue weighted by molar-refractivity contribution is 5.85. The molecule has 1 saturated carbocycles. The van der Waals surface area contributed by atoms with Gasteiger partial charge >= 0.3 is 0 Å². The molecule has 6 nitrogen and oxygen atoms in total. The number of hydrogen-bond donors (Lipinski definition) is 1. The molecule has 1 aromatic carbocycles. The summed E-state index contributed by atoms with van der Waals surface area (Å²) in [5, 5.41) is 3.43. The van der Waals surface area contributed by atoms with E-state index in [0.717, 1.165) is 43.9 Å². The normalized spacial score (nSPS) is 16.3. The molecule has 0 bridgehead atoms. The van der Waals surface area contributed by atoms with Gasteiger partial charge < -0.3 is 19.9 Å². The quantitative estimate of drug-likeness (QED) is 0.625.